The van der Waals surface area contributed by atoms with Crippen LogP contribution < -0.4 is 9.47 Å². The topological polar surface area (TPSA) is 146 Å². The molecule has 1 aliphatic heterocycles. The average molecular weight is 663 g/mol. The standard InChI is InChI=1S/C35H38N2O9S/c1-44-35(41)28-18-16-26(17-19-28)21-37-32(24-46-30-10-6-3-7-11-30)34(40)33(39)31(23-45-29-8-4-2-5-9-29)36(47(37,42)43)20-25-12-14-27(22-38)15-13-25/h2-19,31-34,38-40H,20-24H2,1H3/t31?,32-,33?,34+/m0/s1. The van der Waals surface area contributed by atoms with Gasteiger partial charge in [-0.15, -0.1) is 0 Å². The molecule has 0 saturated carbocycles. The summed E-state index contributed by atoms with van der Waals surface area (Å²) in [6, 6.07) is 28.2. The molecule has 12 heteroatoms. The number of carbonyl (C=O) groups excluding carboxylic acids is 1. The van der Waals surface area contributed by atoms with Crippen LogP contribution in [0.25, 0.3) is 0 Å². The van der Waals surface area contributed by atoms with Crippen molar-refractivity contribution in [3.05, 3.63) is 131 Å². The second-order valence-corrected chi connectivity index (χ2v) is 13.0. The summed E-state index contributed by atoms with van der Waals surface area (Å²) in [5.74, 6) is 0.392. The molecule has 3 N–H and O–H groups in total. The van der Waals surface area contributed by atoms with Gasteiger partial charge in [0.15, 0.2) is 0 Å². The molecule has 0 aromatic heterocycles. The van der Waals surface area contributed by atoms with E-state index in [9.17, 15) is 28.5 Å². The third-order valence-corrected chi connectivity index (χ3v) is 10.0. The number of methoxy groups -OCH3 is 1. The Morgan fingerprint density at radius 2 is 1.06 bits per heavy atom. The molecule has 4 aromatic carbocycles. The SMILES string of the molecule is COC(=O)c1ccc(CN2[C@@H](COc3ccccc3)[C@@H](O)C(O)C(COc3ccccc3)N(Cc3ccc(CO)cc3)S2(=O)=O)cc1. The number of ether oxygens (including phenoxy) is 3. The molecule has 0 spiro atoms. The van der Waals surface area contributed by atoms with Gasteiger partial charge in [-0.25, -0.2) is 4.79 Å². The van der Waals surface area contributed by atoms with Crippen LogP contribution in [0.5, 0.6) is 11.5 Å². The smallest absolute Gasteiger partial charge is 0.337 e. The summed E-state index contributed by atoms with van der Waals surface area (Å²) in [7, 11) is -3.20. The van der Waals surface area contributed by atoms with E-state index in [2.05, 4.69) is 0 Å². The number of aliphatic hydroxyl groups excluding tert-OH is 3. The van der Waals surface area contributed by atoms with Crippen LogP contribution in [0.3, 0.4) is 0 Å². The van der Waals surface area contributed by atoms with Gasteiger partial charge in [0.05, 0.1) is 31.4 Å². The zero-order valence-electron chi connectivity index (χ0n) is 25.8. The van der Waals surface area contributed by atoms with Crippen molar-refractivity contribution in [1.29, 1.82) is 0 Å². The molecule has 248 valence electrons. The minimum Gasteiger partial charge on any atom is -0.492 e. The molecule has 47 heavy (non-hydrogen) atoms. The molecule has 4 atom stereocenters. The number of hydrogen-bond donors (Lipinski definition) is 3. The summed E-state index contributed by atoms with van der Waals surface area (Å²) in [6.45, 7) is -1.07. The summed E-state index contributed by atoms with van der Waals surface area (Å²) in [6.07, 6.45) is -3.17. The van der Waals surface area contributed by atoms with Crippen molar-refractivity contribution in [2.24, 2.45) is 0 Å². The van der Waals surface area contributed by atoms with Crippen molar-refractivity contribution in [1.82, 2.24) is 8.61 Å². The van der Waals surface area contributed by atoms with E-state index in [0.717, 1.165) is 8.61 Å². The first kappa shape index (κ1) is 34.0. The van der Waals surface area contributed by atoms with Crippen molar-refractivity contribution in [3.8, 4) is 11.5 Å². The Kier molecular flexibility index (Phi) is 11.2. The summed E-state index contributed by atoms with van der Waals surface area (Å²) in [5, 5.41) is 33.0. The van der Waals surface area contributed by atoms with Crippen LogP contribution in [0, 0.1) is 0 Å². The highest BCUT2D eigenvalue weighted by Crippen LogP contribution is 2.31. The minimum atomic E-state index is -4.47. The second-order valence-electron chi connectivity index (χ2n) is 11.1. The Bertz CT molecular complexity index is 1690. The van der Waals surface area contributed by atoms with Crippen LogP contribution in [0.15, 0.2) is 109 Å². The van der Waals surface area contributed by atoms with E-state index >= 15 is 0 Å². The molecule has 2 unspecified atom stereocenters. The number of hydrogen-bond acceptors (Lipinski definition) is 9. The fourth-order valence-electron chi connectivity index (χ4n) is 5.40. The van der Waals surface area contributed by atoms with Crippen LogP contribution in [0.1, 0.15) is 27.0 Å². The largest absolute Gasteiger partial charge is 0.492 e. The molecule has 5 rings (SSSR count). The van der Waals surface area contributed by atoms with Crippen LogP contribution in [-0.4, -0.2) is 82.9 Å². The number of nitrogens with zero attached hydrogens (tertiary/aromatic N) is 2. The van der Waals surface area contributed by atoms with Gasteiger partial charge in [0.25, 0.3) is 10.2 Å². The van der Waals surface area contributed by atoms with Crippen molar-refractivity contribution in [2.75, 3.05) is 20.3 Å². The molecule has 0 bridgehead atoms. The Balaban J connectivity index is 1.56. The summed E-state index contributed by atoms with van der Waals surface area (Å²) >= 11 is 0. The Labute approximate surface area is 274 Å². The van der Waals surface area contributed by atoms with Gasteiger partial charge in [0.1, 0.15) is 36.9 Å². The fourth-order valence-corrected chi connectivity index (χ4v) is 7.35. The highest BCUT2D eigenvalue weighted by atomic mass is 32.2. The number of rotatable bonds is 12. The number of aliphatic hydroxyl groups is 3. The van der Waals surface area contributed by atoms with Crippen molar-refractivity contribution >= 4 is 16.2 Å². The summed E-state index contributed by atoms with van der Waals surface area (Å²) in [5.41, 5.74) is 2.07. The molecule has 1 heterocycles. The first-order valence-corrected chi connectivity index (χ1v) is 16.5. The lowest BCUT2D eigenvalue weighted by atomic mass is 9.99. The fraction of sp³-hybridized carbons (Fsp3) is 0.286. The van der Waals surface area contributed by atoms with Gasteiger partial charge < -0.3 is 29.5 Å². The lowest BCUT2D eigenvalue weighted by molar-refractivity contribution is -0.0565. The van der Waals surface area contributed by atoms with E-state index in [0.29, 0.717) is 33.8 Å². The van der Waals surface area contributed by atoms with Gasteiger partial charge in [0, 0.05) is 13.1 Å². The number of carbonyl (C=O) groups is 1. The molecule has 0 amide bonds. The highest BCUT2D eigenvalue weighted by Gasteiger charge is 2.51. The molecule has 4 aromatic rings. The van der Waals surface area contributed by atoms with Crippen molar-refractivity contribution in [3.63, 3.8) is 0 Å². The third kappa shape index (κ3) is 8.17. The zero-order chi connectivity index (χ0) is 33.4. The number of esters is 1. The first-order valence-electron chi connectivity index (χ1n) is 15.1. The van der Waals surface area contributed by atoms with E-state index in [1.807, 2.05) is 12.1 Å². The summed E-state index contributed by atoms with van der Waals surface area (Å²) in [4.78, 5) is 12.0. The molecule has 11 nitrogen and oxygen atoms in total. The normalized spacial score (nSPS) is 21.4. The maximum absolute atomic E-state index is 14.8. The van der Waals surface area contributed by atoms with E-state index in [1.165, 1.54) is 19.2 Å². The van der Waals surface area contributed by atoms with E-state index < -0.39 is 40.5 Å². The van der Waals surface area contributed by atoms with E-state index in [4.69, 9.17) is 14.2 Å². The van der Waals surface area contributed by atoms with Crippen molar-refractivity contribution < 1.29 is 42.7 Å². The third-order valence-electron chi connectivity index (χ3n) is 8.06. The quantitative estimate of drug-likeness (QED) is 0.195. The number of benzene rings is 4. The van der Waals surface area contributed by atoms with Gasteiger partial charge in [-0.2, -0.15) is 17.0 Å². The molecular formula is C35H38N2O9S. The van der Waals surface area contributed by atoms with Crippen LogP contribution >= 0.6 is 0 Å². The van der Waals surface area contributed by atoms with E-state index in [-0.39, 0.29) is 32.9 Å². The Morgan fingerprint density at radius 3 is 1.47 bits per heavy atom. The monoisotopic (exact) mass is 662 g/mol. The Hall–Kier alpha value is -4.30. The van der Waals surface area contributed by atoms with Gasteiger partial charge in [-0.1, -0.05) is 72.8 Å². The molecule has 1 fully saturated rings. The molecule has 1 aliphatic rings. The highest BCUT2D eigenvalue weighted by molar-refractivity contribution is 7.86. The predicted molar refractivity (Wildman–Crippen MR) is 174 cm³/mol. The Morgan fingerprint density at radius 1 is 0.660 bits per heavy atom. The lowest BCUT2D eigenvalue weighted by Gasteiger charge is -2.34. The second kappa shape index (κ2) is 15.5. The van der Waals surface area contributed by atoms with Gasteiger partial charge in [0.2, 0.25) is 0 Å². The van der Waals surface area contributed by atoms with Crippen molar-refractivity contribution in [2.45, 2.75) is 44.0 Å². The zero-order valence-corrected chi connectivity index (χ0v) is 26.6. The van der Waals surface area contributed by atoms with Crippen LogP contribution in [-0.2, 0) is 34.6 Å². The predicted octanol–water partition coefficient (Wildman–Crippen LogP) is 3.15. The maximum Gasteiger partial charge on any atom is 0.337 e. The molecule has 0 radical (unpaired) electrons. The average Bonchev–Trinajstić information content (AvgIpc) is 3.15. The molecular weight excluding hydrogens is 624 g/mol. The molecule has 0 aliphatic carbocycles. The van der Waals surface area contributed by atoms with Crippen LogP contribution in [0.4, 0.5) is 0 Å². The van der Waals surface area contributed by atoms with Gasteiger partial charge in [-0.3, -0.25) is 0 Å². The molecule has 1 saturated heterocycles. The lowest BCUT2D eigenvalue weighted by Crippen LogP contribution is -2.52. The van der Waals surface area contributed by atoms with Gasteiger partial charge in [-0.05, 0) is 53.1 Å². The van der Waals surface area contributed by atoms with E-state index in [1.54, 1.807) is 84.9 Å². The maximum atomic E-state index is 14.8. The minimum absolute atomic E-state index is 0.162. The van der Waals surface area contributed by atoms with Crippen LogP contribution in [0.2, 0.25) is 0 Å². The number of para-hydroxylation sites is 2. The summed E-state index contributed by atoms with van der Waals surface area (Å²) < 4.78 is 48.7. The van der Waals surface area contributed by atoms with Gasteiger partial charge >= 0.3 is 5.97 Å². The first-order chi connectivity index (χ1) is 22.7.